The Hall–Kier alpha value is -1.60. The molecule has 0 saturated heterocycles. The van der Waals surface area contributed by atoms with Gasteiger partial charge in [-0.15, -0.1) is 0 Å². The van der Waals surface area contributed by atoms with Gasteiger partial charge in [0.25, 0.3) is 0 Å². The fourth-order valence-corrected chi connectivity index (χ4v) is 1.03. The summed E-state index contributed by atoms with van der Waals surface area (Å²) in [5.41, 5.74) is 5.76. The van der Waals surface area contributed by atoms with Gasteiger partial charge >= 0.3 is 0 Å². The van der Waals surface area contributed by atoms with E-state index in [0.717, 1.165) is 6.07 Å². The number of halogens is 1. The molecule has 68 valence electrons. The fourth-order valence-electron chi connectivity index (χ4n) is 1.03. The molecule has 3 nitrogen and oxygen atoms in total. The molecule has 0 spiro atoms. The van der Waals surface area contributed by atoms with Crippen molar-refractivity contribution in [2.45, 2.75) is 13.0 Å². The Morgan fingerprint density at radius 2 is 2.23 bits per heavy atom. The quantitative estimate of drug-likeness (QED) is 0.686. The first-order chi connectivity index (χ1) is 6.06. The number of nitrogens with zero attached hydrogens (tertiary/aromatic N) is 1. The summed E-state index contributed by atoms with van der Waals surface area (Å²) in [4.78, 5) is 0. The van der Waals surface area contributed by atoms with Crippen LogP contribution < -0.4 is 5.73 Å². The summed E-state index contributed by atoms with van der Waals surface area (Å²) in [6.07, 6.45) is 0. The van der Waals surface area contributed by atoms with Gasteiger partial charge in [-0.2, -0.15) is 5.26 Å². The van der Waals surface area contributed by atoms with Crippen LogP contribution in [0.1, 0.15) is 24.1 Å². The van der Waals surface area contributed by atoms with E-state index in [9.17, 15) is 9.50 Å². The van der Waals surface area contributed by atoms with Gasteiger partial charge in [0.1, 0.15) is 17.6 Å². The zero-order valence-corrected chi connectivity index (χ0v) is 7.08. The fraction of sp³-hybridized carbons (Fsp3) is 0.222. The molecule has 0 fully saturated rings. The van der Waals surface area contributed by atoms with Crippen LogP contribution in [-0.4, -0.2) is 5.11 Å². The molecule has 1 aromatic rings. The van der Waals surface area contributed by atoms with Crippen molar-refractivity contribution >= 4 is 0 Å². The van der Waals surface area contributed by atoms with Crippen molar-refractivity contribution in [2.75, 3.05) is 0 Å². The maximum absolute atomic E-state index is 12.9. The van der Waals surface area contributed by atoms with E-state index in [1.165, 1.54) is 6.07 Å². The second-order valence-electron chi connectivity index (χ2n) is 2.79. The van der Waals surface area contributed by atoms with Crippen molar-refractivity contribution in [1.82, 2.24) is 0 Å². The Balaban J connectivity index is 3.33. The molecule has 0 bridgehead atoms. The van der Waals surface area contributed by atoms with E-state index in [-0.39, 0.29) is 11.3 Å². The van der Waals surface area contributed by atoms with Gasteiger partial charge in [-0.05, 0) is 13.0 Å². The maximum Gasteiger partial charge on any atom is 0.144 e. The predicted octanol–water partition coefficient (Wildman–Crippen LogP) is 1.42. The highest BCUT2D eigenvalue weighted by Gasteiger charge is 2.11. The molecule has 0 radical (unpaired) electrons. The lowest BCUT2D eigenvalue weighted by Gasteiger charge is -2.08. The van der Waals surface area contributed by atoms with E-state index in [1.54, 1.807) is 13.0 Å². The summed E-state index contributed by atoms with van der Waals surface area (Å²) in [5.74, 6) is -0.948. The Bertz CT molecular complexity index is 369. The van der Waals surface area contributed by atoms with Gasteiger partial charge in [-0.3, -0.25) is 0 Å². The molecular weight excluding hydrogens is 171 g/mol. The SMILES string of the molecule is C[C@H](N)c1cc(C#N)c(F)cc1O. The van der Waals surface area contributed by atoms with Crippen molar-refractivity contribution < 1.29 is 9.50 Å². The van der Waals surface area contributed by atoms with Gasteiger partial charge in [-0.25, -0.2) is 4.39 Å². The number of nitrogens with two attached hydrogens (primary N) is 1. The minimum atomic E-state index is -0.732. The van der Waals surface area contributed by atoms with Crippen LogP contribution in [0.4, 0.5) is 4.39 Å². The van der Waals surface area contributed by atoms with Crippen molar-refractivity contribution in [3.63, 3.8) is 0 Å². The van der Waals surface area contributed by atoms with Gasteiger partial charge < -0.3 is 10.8 Å². The van der Waals surface area contributed by atoms with Crippen LogP contribution in [0.2, 0.25) is 0 Å². The van der Waals surface area contributed by atoms with Crippen LogP contribution >= 0.6 is 0 Å². The molecule has 0 aliphatic carbocycles. The molecule has 1 aromatic carbocycles. The molecule has 1 atom stereocenters. The van der Waals surface area contributed by atoms with Crippen LogP contribution in [0.3, 0.4) is 0 Å². The molecule has 13 heavy (non-hydrogen) atoms. The lowest BCUT2D eigenvalue weighted by atomic mass is 10.0. The molecule has 0 unspecified atom stereocenters. The number of phenolic OH excluding ortho intramolecular Hbond substituents is 1. The summed E-state index contributed by atoms with van der Waals surface area (Å²) < 4.78 is 12.9. The van der Waals surface area contributed by atoms with Crippen molar-refractivity contribution in [3.05, 3.63) is 29.1 Å². The molecule has 0 aliphatic rings. The summed E-state index contributed by atoms with van der Waals surface area (Å²) in [7, 11) is 0. The van der Waals surface area contributed by atoms with E-state index in [2.05, 4.69) is 0 Å². The van der Waals surface area contributed by atoms with Crippen LogP contribution in [0.5, 0.6) is 5.75 Å². The van der Waals surface area contributed by atoms with Crippen molar-refractivity contribution in [1.29, 1.82) is 5.26 Å². The third-order valence-electron chi connectivity index (χ3n) is 1.73. The van der Waals surface area contributed by atoms with Gasteiger partial charge in [0, 0.05) is 17.7 Å². The minimum absolute atomic E-state index is 0.106. The lowest BCUT2D eigenvalue weighted by molar-refractivity contribution is 0.457. The van der Waals surface area contributed by atoms with Crippen molar-refractivity contribution in [2.24, 2.45) is 5.73 Å². The first kappa shape index (κ1) is 9.49. The van der Waals surface area contributed by atoms with E-state index >= 15 is 0 Å². The maximum atomic E-state index is 12.9. The number of benzene rings is 1. The van der Waals surface area contributed by atoms with Crippen LogP contribution in [0.15, 0.2) is 12.1 Å². The average Bonchev–Trinajstić information content (AvgIpc) is 2.03. The Morgan fingerprint density at radius 1 is 1.62 bits per heavy atom. The second-order valence-corrected chi connectivity index (χ2v) is 2.79. The zero-order chi connectivity index (χ0) is 10.0. The highest BCUT2D eigenvalue weighted by Crippen LogP contribution is 2.25. The lowest BCUT2D eigenvalue weighted by Crippen LogP contribution is -2.06. The minimum Gasteiger partial charge on any atom is -0.508 e. The monoisotopic (exact) mass is 180 g/mol. The molecule has 0 aliphatic heterocycles. The molecule has 0 saturated carbocycles. The Morgan fingerprint density at radius 3 is 2.69 bits per heavy atom. The van der Waals surface area contributed by atoms with E-state index in [1.807, 2.05) is 0 Å². The summed E-state index contributed by atoms with van der Waals surface area (Å²) in [6, 6.07) is 3.41. The smallest absolute Gasteiger partial charge is 0.144 e. The molecule has 0 aromatic heterocycles. The Labute approximate surface area is 75.2 Å². The second kappa shape index (κ2) is 3.42. The summed E-state index contributed by atoms with van der Waals surface area (Å²) in [5, 5.41) is 17.8. The summed E-state index contributed by atoms with van der Waals surface area (Å²) >= 11 is 0. The number of hydrogen-bond donors (Lipinski definition) is 2. The standard InChI is InChI=1S/C9H9FN2O/c1-5(12)7-2-6(4-11)8(10)3-9(7)13/h2-3,5,13H,12H2,1H3/t5-/m0/s1. The summed E-state index contributed by atoms with van der Waals surface area (Å²) in [6.45, 7) is 1.65. The number of rotatable bonds is 1. The van der Waals surface area contributed by atoms with Gasteiger partial charge in [0.05, 0.1) is 5.56 Å². The molecular formula is C9H9FN2O. The van der Waals surface area contributed by atoms with Gasteiger partial charge in [0.15, 0.2) is 0 Å². The molecule has 4 heteroatoms. The third-order valence-corrected chi connectivity index (χ3v) is 1.73. The first-order valence-electron chi connectivity index (χ1n) is 3.74. The molecule has 0 heterocycles. The normalized spacial score (nSPS) is 12.2. The Kier molecular flexibility index (Phi) is 2.49. The van der Waals surface area contributed by atoms with Crippen LogP contribution in [-0.2, 0) is 0 Å². The third kappa shape index (κ3) is 1.76. The average molecular weight is 180 g/mol. The van der Waals surface area contributed by atoms with E-state index in [4.69, 9.17) is 11.0 Å². The highest BCUT2D eigenvalue weighted by molar-refractivity contribution is 5.43. The van der Waals surface area contributed by atoms with E-state index < -0.39 is 11.9 Å². The number of aromatic hydroxyl groups is 1. The van der Waals surface area contributed by atoms with Crippen LogP contribution in [0, 0.1) is 17.1 Å². The van der Waals surface area contributed by atoms with Crippen LogP contribution in [0.25, 0.3) is 0 Å². The van der Waals surface area contributed by atoms with Gasteiger partial charge in [-0.1, -0.05) is 0 Å². The largest absolute Gasteiger partial charge is 0.508 e. The molecule has 0 amide bonds. The number of hydrogen-bond acceptors (Lipinski definition) is 3. The number of nitriles is 1. The molecule has 1 rings (SSSR count). The van der Waals surface area contributed by atoms with Gasteiger partial charge in [0.2, 0.25) is 0 Å². The molecule has 3 N–H and O–H groups in total. The topological polar surface area (TPSA) is 70.0 Å². The predicted molar refractivity (Wildman–Crippen MR) is 45.4 cm³/mol. The van der Waals surface area contributed by atoms with Crippen molar-refractivity contribution in [3.8, 4) is 11.8 Å². The first-order valence-corrected chi connectivity index (χ1v) is 3.74. The highest BCUT2D eigenvalue weighted by atomic mass is 19.1. The number of phenols is 1. The zero-order valence-electron chi connectivity index (χ0n) is 7.08. The van der Waals surface area contributed by atoms with E-state index in [0.29, 0.717) is 5.56 Å².